The lowest BCUT2D eigenvalue weighted by Crippen LogP contribution is -2.42. The van der Waals surface area contributed by atoms with Gasteiger partial charge in [-0.05, 0) is 31.0 Å². The average molecular weight is 270 g/mol. The summed E-state index contributed by atoms with van der Waals surface area (Å²) < 4.78 is 26.3. The molecule has 19 heavy (non-hydrogen) atoms. The molecule has 106 valence electrons. The normalized spacial score (nSPS) is 11.5. The van der Waals surface area contributed by atoms with Gasteiger partial charge < -0.3 is 10.6 Å². The van der Waals surface area contributed by atoms with Crippen LogP contribution in [0.1, 0.15) is 31.1 Å². The average Bonchev–Trinajstić information content (AvgIpc) is 2.34. The van der Waals surface area contributed by atoms with E-state index in [1.54, 1.807) is 4.90 Å². The summed E-state index contributed by atoms with van der Waals surface area (Å²) in [5, 5.41) is 0. The van der Waals surface area contributed by atoms with E-state index >= 15 is 0 Å². The van der Waals surface area contributed by atoms with Crippen molar-refractivity contribution in [2.24, 2.45) is 11.1 Å². The summed E-state index contributed by atoms with van der Waals surface area (Å²) in [6.07, 6.45) is 0. The molecular formula is C14H20F2N2O. The minimum absolute atomic E-state index is 0.0205. The second-order valence-corrected chi connectivity index (χ2v) is 5.35. The Labute approximate surface area is 112 Å². The molecule has 0 heterocycles. The third-order valence-corrected chi connectivity index (χ3v) is 2.95. The van der Waals surface area contributed by atoms with Crippen molar-refractivity contribution in [2.45, 2.75) is 20.8 Å². The Hall–Kier alpha value is -1.49. The van der Waals surface area contributed by atoms with Crippen LogP contribution in [0.4, 0.5) is 8.78 Å². The van der Waals surface area contributed by atoms with Crippen LogP contribution in [0.5, 0.6) is 0 Å². The molecule has 3 nitrogen and oxygen atoms in total. The molecule has 1 rings (SSSR count). The molecule has 0 radical (unpaired) electrons. The highest BCUT2D eigenvalue weighted by molar-refractivity contribution is 5.94. The quantitative estimate of drug-likeness (QED) is 0.893. The van der Waals surface area contributed by atoms with Crippen molar-refractivity contribution >= 4 is 5.91 Å². The van der Waals surface area contributed by atoms with Crippen LogP contribution in [0.25, 0.3) is 0 Å². The Morgan fingerprint density at radius 2 is 1.79 bits per heavy atom. The van der Waals surface area contributed by atoms with E-state index in [-0.39, 0.29) is 16.9 Å². The lowest BCUT2D eigenvalue weighted by atomic mass is 9.93. The minimum atomic E-state index is -0.752. The molecule has 1 amide bonds. The Morgan fingerprint density at radius 1 is 1.26 bits per heavy atom. The monoisotopic (exact) mass is 270 g/mol. The molecule has 0 aliphatic rings. The number of carbonyl (C=O) groups excluding carboxylic acids is 1. The highest BCUT2D eigenvalue weighted by Gasteiger charge is 2.24. The van der Waals surface area contributed by atoms with Gasteiger partial charge in [-0.25, -0.2) is 8.78 Å². The number of benzene rings is 1. The SMILES string of the molecule is CCN(CC(C)(C)CN)C(=O)c1cc(F)cc(F)c1. The molecule has 0 aliphatic carbocycles. The van der Waals surface area contributed by atoms with Gasteiger partial charge in [-0.15, -0.1) is 0 Å². The van der Waals surface area contributed by atoms with Gasteiger partial charge in [-0.2, -0.15) is 0 Å². The number of hydrogen-bond donors (Lipinski definition) is 1. The maximum Gasteiger partial charge on any atom is 0.254 e. The van der Waals surface area contributed by atoms with Crippen LogP contribution >= 0.6 is 0 Å². The summed E-state index contributed by atoms with van der Waals surface area (Å²) in [5.41, 5.74) is 5.42. The fourth-order valence-corrected chi connectivity index (χ4v) is 1.77. The van der Waals surface area contributed by atoms with E-state index in [0.717, 1.165) is 18.2 Å². The van der Waals surface area contributed by atoms with E-state index in [1.165, 1.54) is 0 Å². The molecule has 0 spiro atoms. The highest BCUT2D eigenvalue weighted by atomic mass is 19.1. The number of nitrogens with two attached hydrogens (primary N) is 1. The van der Waals surface area contributed by atoms with Crippen molar-refractivity contribution in [3.63, 3.8) is 0 Å². The van der Waals surface area contributed by atoms with Crippen LogP contribution < -0.4 is 5.73 Å². The zero-order valence-electron chi connectivity index (χ0n) is 11.5. The van der Waals surface area contributed by atoms with Crippen molar-refractivity contribution in [1.82, 2.24) is 4.90 Å². The van der Waals surface area contributed by atoms with Crippen LogP contribution in [0.3, 0.4) is 0 Å². The minimum Gasteiger partial charge on any atom is -0.338 e. The first-order valence-electron chi connectivity index (χ1n) is 6.24. The number of nitrogens with zero attached hydrogens (tertiary/aromatic N) is 1. The fraction of sp³-hybridized carbons (Fsp3) is 0.500. The Balaban J connectivity index is 2.95. The lowest BCUT2D eigenvalue weighted by molar-refractivity contribution is 0.0700. The molecule has 0 saturated heterocycles. The van der Waals surface area contributed by atoms with Crippen LogP contribution in [-0.2, 0) is 0 Å². The second kappa shape index (κ2) is 6.10. The van der Waals surface area contributed by atoms with Crippen LogP contribution in [0.15, 0.2) is 18.2 Å². The van der Waals surface area contributed by atoms with E-state index in [2.05, 4.69) is 0 Å². The van der Waals surface area contributed by atoms with Gasteiger partial charge in [0.2, 0.25) is 0 Å². The van der Waals surface area contributed by atoms with Crippen LogP contribution in [-0.4, -0.2) is 30.4 Å². The first kappa shape index (κ1) is 15.6. The first-order chi connectivity index (χ1) is 8.79. The predicted molar refractivity (Wildman–Crippen MR) is 70.8 cm³/mol. The summed E-state index contributed by atoms with van der Waals surface area (Å²) in [6, 6.07) is 2.84. The Kier molecular flexibility index (Phi) is 5.00. The first-order valence-corrected chi connectivity index (χ1v) is 6.24. The van der Waals surface area contributed by atoms with E-state index in [9.17, 15) is 13.6 Å². The summed E-state index contributed by atoms with van der Waals surface area (Å²) in [6.45, 7) is 7.02. The molecule has 1 aromatic carbocycles. The van der Waals surface area contributed by atoms with Crippen molar-refractivity contribution in [3.8, 4) is 0 Å². The van der Waals surface area contributed by atoms with Gasteiger partial charge in [-0.3, -0.25) is 4.79 Å². The Bertz CT molecular complexity index is 441. The van der Waals surface area contributed by atoms with Gasteiger partial charge in [0.15, 0.2) is 0 Å². The van der Waals surface area contributed by atoms with Crippen LogP contribution in [0, 0.1) is 17.0 Å². The fourth-order valence-electron chi connectivity index (χ4n) is 1.77. The van der Waals surface area contributed by atoms with Crippen molar-refractivity contribution in [2.75, 3.05) is 19.6 Å². The van der Waals surface area contributed by atoms with Gasteiger partial charge in [-0.1, -0.05) is 13.8 Å². The molecule has 0 aromatic heterocycles. The van der Waals surface area contributed by atoms with E-state index < -0.39 is 11.6 Å². The molecule has 0 unspecified atom stereocenters. The molecule has 0 fully saturated rings. The van der Waals surface area contributed by atoms with Crippen molar-refractivity contribution < 1.29 is 13.6 Å². The molecule has 0 bridgehead atoms. The van der Waals surface area contributed by atoms with Gasteiger partial charge in [0.05, 0.1) is 0 Å². The van der Waals surface area contributed by atoms with Crippen molar-refractivity contribution in [1.29, 1.82) is 0 Å². The third kappa shape index (κ3) is 4.28. The largest absolute Gasteiger partial charge is 0.338 e. The standard InChI is InChI=1S/C14H20F2N2O/c1-4-18(9-14(2,3)8-17)13(19)10-5-11(15)7-12(16)6-10/h5-7H,4,8-9,17H2,1-3H3. The van der Waals surface area contributed by atoms with Crippen LogP contribution in [0.2, 0.25) is 0 Å². The van der Waals surface area contributed by atoms with E-state index in [4.69, 9.17) is 5.73 Å². The predicted octanol–water partition coefficient (Wildman–Crippen LogP) is 2.41. The molecular weight excluding hydrogens is 250 g/mol. The van der Waals surface area contributed by atoms with Gasteiger partial charge in [0.25, 0.3) is 5.91 Å². The summed E-state index contributed by atoms with van der Waals surface area (Å²) in [7, 11) is 0. The van der Waals surface area contributed by atoms with E-state index in [1.807, 2.05) is 20.8 Å². The van der Waals surface area contributed by atoms with Gasteiger partial charge >= 0.3 is 0 Å². The summed E-state index contributed by atoms with van der Waals surface area (Å²) in [5.74, 6) is -1.89. The molecule has 0 aliphatic heterocycles. The number of carbonyl (C=O) groups is 1. The van der Waals surface area contributed by atoms with Gasteiger partial charge in [0, 0.05) is 24.7 Å². The smallest absolute Gasteiger partial charge is 0.254 e. The molecule has 0 saturated carbocycles. The zero-order valence-corrected chi connectivity index (χ0v) is 11.5. The van der Waals surface area contributed by atoms with E-state index in [0.29, 0.717) is 19.6 Å². The topological polar surface area (TPSA) is 46.3 Å². The number of rotatable bonds is 5. The van der Waals surface area contributed by atoms with Gasteiger partial charge in [0.1, 0.15) is 11.6 Å². The Morgan fingerprint density at radius 3 is 2.21 bits per heavy atom. The lowest BCUT2D eigenvalue weighted by Gasteiger charge is -2.31. The number of amides is 1. The highest BCUT2D eigenvalue weighted by Crippen LogP contribution is 2.17. The maximum absolute atomic E-state index is 13.1. The molecule has 5 heteroatoms. The molecule has 1 aromatic rings. The number of hydrogen-bond acceptors (Lipinski definition) is 2. The number of halogens is 2. The molecule has 0 atom stereocenters. The van der Waals surface area contributed by atoms with Crippen molar-refractivity contribution in [3.05, 3.63) is 35.4 Å². The second-order valence-electron chi connectivity index (χ2n) is 5.35. The summed E-state index contributed by atoms with van der Waals surface area (Å²) >= 11 is 0. The third-order valence-electron chi connectivity index (χ3n) is 2.95. The summed E-state index contributed by atoms with van der Waals surface area (Å²) in [4.78, 5) is 13.8. The zero-order chi connectivity index (χ0) is 14.6. The molecule has 2 N–H and O–H groups in total. The maximum atomic E-state index is 13.1.